The summed E-state index contributed by atoms with van der Waals surface area (Å²) < 4.78 is 0. The van der Waals surface area contributed by atoms with Crippen LogP contribution in [0, 0.1) is 5.92 Å². The van der Waals surface area contributed by atoms with Crippen LogP contribution in [0.1, 0.15) is 64.1 Å². The molecule has 0 bridgehead atoms. The maximum absolute atomic E-state index is 4.62. The molecule has 128 valence electrons. The lowest BCUT2D eigenvalue weighted by Gasteiger charge is -2.11. The van der Waals surface area contributed by atoms with Gasteiger partial charge in [0.05, 0.1) is 17.2 Å². The van der Waals surface area contributed by atoms with Crippen molar-refractivity contribution < 1.29 is 0 Å². The zero-order chi connectivity index (χ0) is 15.7. The molecule has 0 aliphatic rings. The number of hydrogen-bond acceptors (Lipinski definition) is 3. The highest BCUT2D eigenvalue weighted by atomic mass is 127. The molecule has 1 heterocycles. The monoisotopic (exact) mass is 438 g/mol. The summed E-state index contributed by atoms with van der Waals surface area (Å²) in [5, 5.41) is 9.98. The van der Waals surface area contributed by atoms with Crippen molar-refractivity contribution in [2.45, 2.75) is 59.9 Å². The van der Waals surface area contributed by atoms with Gasteiger partial charge in [0, 0.05) is 24.4 Å². The average molecular weight is 438 g/mol. The minimum Gasteiger partial charge on any atom is -0.357 e. The molecule has 4 nitrogen and oxygen atoms in total. The van der Waals surface area contributed by atoms with Crippen molar-refractivity contribution in [1.82, 2.24) is 15.6 Å². The predicted molar refractivity (Wildman–Crippen MR) is 109 cm³/mol. The van der Waals surface area contributed by atoms with Gasteiger partial charge in [-0.25, -0.2) is 9.98 Å². The standard InChI is InChI=1S/C16H30N4S.HI/c1-6-17-16(18-9-7-8-12(2)3)19-10-14-11-21-15(20-14)13(4)5;/h11-13H,6-10H2,1-5H3,(H2,17,18,19);1H. The number of halogens is 1. The van der Waals surface area contributed by atoms with Crippen LogP contribution in [0.15, 0.2) is 10.4 Å². The van der Waals surface area contributed by atoms with Crippen LogP contribution in [0.4, 0.5) is 0 Å². The van der Waals surface area contributed by atoms with E-state index in [1.807, 2.05) is 0 Å². The molecular weight excluding hydrogens is 407 g/mol. The van der Waals surface area contributed by atoms with E-state index in [9.17, 15) is 0 Å². The van der Waals surface area contributed by atoms with E-state index in [4.69, 9.17) is 0 Å². The first-order valence-corrected chi connectivity index (χ1v) is 8.87. The molecule has 1 aromatic rings. The van der Waals surface area contributed by atoms with Gasteiger partial charge in [-0.2, -0.15) is 0 Å². The van der Waals surface area contributed by atoms with Crippen molar-refractivity contribution in [3.8, 4) is 0 Å². The van der Waals surface area contributed by atoms with Crippen LogP contribution in [0.2, 0.25) is 0 Å². The molecule has 0 saturated carbocycles. The Bertz CT molecular complexity index is 430. The maximum Gasteiger partial charge on any atom is 0.191 e. The van der Waals surface area contributed by atoms with Crippen LogP contribution >= 0.6 is 35.3 Å². The quantitative estimate of drug-likeness (QED) is 0.274. The molecule has 2 N–H and O–H groups in total. The summed E-state index contributed by atoms with van der Waals surface area (Å²) in [5.41, 5.74) is 1.06. The summed E-state index contributed by atoms with van der Waals surface area (Å²) in [7, 11) is 0. The summed E-state index contributed by atoms with van der Waals surface area (Å²) in [4.78, 5) is 9.23. The maximum atomic E-state index is 4.62. The Labute approximate surface area is 156 Å². The van der Waals surface area contributed by atoms with E-state index in [1.165, 1.54) is 17.8 Å². The van der Waals surface area contributed by atoms with E-state index >= 15 is 0 Å². The predicted octanol–water partition coefficient (Wildman–Crippen LogP) is 4.38. The second-order valence-corrected chi connectivity index (χ2v) is 6.88. The third kappa shape index (κ3) is 8.92. The lowest BCUT2D eigenvalue weighted by molar-refractivity contribution is 0.549. The van der Waals surface area contributed by atoms with Crippen molar-refractivity contribution >= 4 is 41.3 Å². The molecule has 0 amide bonds. The highest BCUT2D eigenvalue weighted by molar-refractivity contribution is 14.0. The summed E-state index contributed by atoms with van der Waals surface area (Å²) >= 11 is 1.73. The van der Waals surface area contributed by atoms with E-state index in [1.54, 1.807) is 11.3 Å². The Morgan fingerprint density at radius 3 is 2.55 bits per heavy atom. The number of rotatable bonds is 8. The van der Waals surface area contributed by atoms with Gasteiger partial charge in [0.25, 0.3) is 0 Å². The molecule has 0 aliphatic carbocycles. The van der Waals surface area contributed by atoms with Gasteiger partial charge in [0.1, 0.15) is 0 Å². The molecule has 0 saturated heterocycles. The van der Waals surface area contributed by atoms with E-state index < -0.39 is 0 Å². The summed E-state index contributed by atoms with van der Waals surface area (Å²) in [6.07, 6.45) is 2.42. The van der Waals surface area contributed by atoms with Crippen LogP contribution in [-0.4, -0.2) is 24.0 Å². The van der Waals surface area contributed by atoms with Gasteiger partial charge in [0.15, 0.2) is 5.96 Å². The smallest absolute Gasteiger partial charge is 0.191 e. The van der Waals surface area contributed by atoms with E-state index in [2.05, 4.69) is 60.6 Å². The fraction of sp³-hybridized carbons (Fsp3) is 0.750. The van der Waals surface area contributed by atoms with Gasteiger partial charge >= 0.3 is 0 Å². The third-order valence-electron chi connectivity index (χ3n) is 3.06. The molecule has 22 heavy (non-hydrogen) atoms. The number of nitrogens with zero attached hydrogens (tertiary/aromatic N) is 2. The molecular formula is C16H31IN4S. The minimum atomic E-state index is 0. The van der Waals surface area contributed by atoms with E-state index in [0.29, 0.717) is 12.5 Å². The lowest BCUT2D eigenvalue weighted by atomic mass is 10.1. The number of aliphatic imine (C=N–C) groups is 1. The molecule has 1 aromatic heterocycles. The van der Waals surface area contributed by atoms with Crippen molar-refractivity contribution in [2.24, 2.45) is 10.9 Å². The number of aromatic nitrogens is 1. The Hall–Kier alpha value is -0.370. The number of thiazole rings is 1. The minimum absolute atomic E-state index is 0. The highest BCUT2D eigenvalue weighted by Gasteiger charge is 2.05. The summed E-state index contributed by atoms with van der Waals surface area (Å²) in [6, 6.07) is 0. The second-order valence-electron chi connectivity index (χ2n) is 5.99. The molecule has 0 fully saturated rings. The van der Waals surface area contributed by atoms with Gasteiger partial charge in [-0.15, -0.1) is 35.3 Å². The van der Waals surface area contributed by atoms with Crippen molar-refractivity contribution in [2.75, 3.05) is 13.1 Å². The molecule has 6 heteroatoms. The fourth-order valence-electron chi connectivity index (χ4n) is 1.88. The molecule has 0 radical (unpaired) electrons. The molecule has 0 spiro atoms. The zero-order valence-electron chi connectivity index (χ0n) is 14.5. The van der Waals surface area contributed by atoms with Gasteiger partial charge < -0.3 is 10.6 Å². The lowest BCUT2D eigenvalue weighted by Crippen LogP contribution is -2.37. The van der Waals surface area contributed by atoms with Crippen molar-refractivity contribution in [1.29, 1.82) is 0 Å². The molecule has 0 aliphatic heterocycles. The largest absolute Gasteiger partial charge is 0.357 e. The van der Waals surface area contributed by atoms with Crippen LogP contribution in [0.5, 0.6) is 0 Å². The third-order valence-corrected chi connectivity index (χ3v) is 4.25. The summed E-state index contributed by atoms with van der Waals surface area (Å²) in [6.45, 7) is 13.4. The second kappa shape index (κ2) is 12.1. The van der Waals surface area contributed by atoms with Crippen LogP contribution < -0.4 is 10.6 Å². The van der Waals surface area contributed by atoms with Gasteiger partial charge in [0.2, 0.25) is 0 Å². The van der Waals surface area contributed by atoms with Crippen LogP contribution in [0.25, 0.3) is 0 Å². The van der Waals surface area contributed by atoms with Gasteiger partial charge in [-0.3, -0.25) is 0 Å². The Morgan fingerprint density at radius 1 is 1.27 bits per heavy atom. The van der Waals surface area contributed by atoms with Gasteiger partial charge in [-0.05, 0) is 25.7 Å². The Morgan fingerprint density at radius 2 is 2.00 bits per heavy atom. The van der Waals surface area contributed by atoms with Crippen LogP contribution in [-0.2, 0) is 6.54 Å². The molecule has 1 rings (SSSR count). The molecule has 0 atom stereocenters. The summed E-state index contributed by atoms with van der Waals surface area (Å²) in [5.74, 6) is 2.14. The van der Waals surface area contributed by atoms with Gasteiger partial charge in [-0.1, -0.05) is 27.7 Å². The van der Waals surface area contributed by atoms with Crippen LogP contribution in [0.3, 0.4) is 0 Å². The van der Waals surface area contributed by atoms with Crippen molar-refractivity contribution in [3.63, 3.8) is 0 Å². The van der Waals surface area contributed by atoms with E-state index in [0.717, 1.165) is 30.7 Å². The Balaban J connectivity index is 0.00000441. The number of hydrogen-bond donors (Lipinski definition) is 2. The topological polar surface area (TPSA) is 49.3 Å². The fourth-order valence-corrected chi connectivity index (χ4v) is 2.71. The van der Waals surface area contributed by atoms with E-state index in [-0.39, 0.29) is 24.0 Å². The molecule has 0 aromatic carbocycles. The zero-order valence-corrected chi connectivity index (χ0v) is 17.6. The first-order valence-electron chi connectivity index (χ1n) is 7.99. The number of guanidine groups is 1. The normalized spacial score (nSPS) is 11.7. The van der Waals surface area contributed by atoms with Crippen molar-refractivity contribution in [3.05, 3.63) is 16.1 Å². The number of nitrogens with one attached hydrogen (secondary N) is 2. The first kappa shape index (κ1) is 21.6. The molecule has 0 unspecified atom stereocenters. The first-order chi connectivity index (χ1) is 10.0. The highest BCUT2D eigenvalue weighted by Crippen LogP contribution is 2.19. The SMILES string of the molecule is CCNC(=NCc1csc(C(C)C)n1)NCCCC(C)C.I. The average Bonchev–Trinajstić information content (AvgIpc) is 2.89. The Kier molecular flexibility index (Phi) is 11.9.